The molecule has 2 aliphatic rings. The summed E-state index contributed by atoms with van der Waals surface area (Å²) in [6.07, 6.45) is 8.36. The van der Waals surface area contributed by atoms with Crippen molar-refractivity contribution in [2.24, 2.45) is 5.92 Å². The maximum atomic E-state index is 3.83. The third kappa shape index (κ3) is 3.03. The minimum atomic E-state index is 0.531. The number of piperazine rings is 1. The number of hydrogen-bond donors (Lipinski definition) is 1. The van der Waals surface area contributed by atoms with Crippen LogP contribution in [0, 0.1) is 5.92 Å². The van der Waals surface area contributed by atoms with E-state index in [4.69, 9.17) is 0 Å². The summed E-state index contributed by atoms with van der Waals surface area (Å²) < 4.78 is 0. The fourth-order valence-corrected chi connectivity index (χ4v) is 3.82. The van der Waals surface area contributed by atoms with Crippen molar-refractivity contribution in [3.05, 3.63) is 0 Å². The monoisotopic (exact) mass is 238 g/mol. The summed E-state index contributed by atoms with van der Waals surface area (Å²) >= 11 is 0. The summed E-state index contributed by atoms with van der Waals surface area (Å²) in [6, 6.07) is 0.729. The molecule has 2 nitrogen and oxygen atoms in total. The number of rotatable bonds is 4. The van der Waals surface area contributed by atoms with Crippen LogP contribution in [0.15, 0.2) is 0 Å². The van der Waals surface area contributed by atoms with E-state index in [1.165, 1.54) is 58.2 Å². The third-order valence-corrected chi connectivity index (χ3v) is 4.62. The van der Waals surface area contributed by atoms with Gasteiger partial charge in [0.1, 0.15) is 0 Å². The first kappa shape index (κ1) is 13.4. The maximum absolute atomic E-state index is 3.83. The van der Waals surface area contributed by atoms with Crippen LogP contribution in [0.2, 0.25) is 0 Å². The Bertz CT molecular complexity index is 231. The minimum Gasteiger partial charge on any atom is -0.311 e. The van der Waals surface area contributed by atoms with Crippen LogP contribution >= 0.6 is 0 Å². The molecule has 1 saturated heterocycles. The molecule has 1 heterocycles. The number of nitrogens with one attached hydrogen (secondary N) is 1. The third-order valence-electron chi connectivity index (χ3n) is 4.62. The highest BCUT2D eigenvalue weighted by Crippen LogP contribution is 2.37. The van der Waals surface area contributed by atoms with E-state index in [0.717, 1.165) is 12.0 Å². The van der Waals surface area contributed by atoms with Crippen LogP contribution in [-0.4, -0.2) is 36.1 Å². The Labute approximate surface area is 107 Å². The van der Waals surface area contributed by atoms with E-state index in [-0.39, 0.29) is 0 Å². The van der Waals surface area contributed by atoms with Crippen molar-refractivity contribution in [1.82, 2.24) is 10.2 Å². The lowest BCUT2D eigenvalue weighted by Crippen LogP contribution is -2.63. The molecule has 0 bridgehead atoms. The molecule has 0 aromatic carbocycles. The van der Waals surface area contributed by atoms with Gasteiger partial charge in [0.05, 0.1) is 0 Å². The van der Waals surface area contributed by atoms with Crippen molar-refractivity contribution >= 4 is 0 Å². The van der Waals surface area contributed by atoms with Gasteiger partial charge in [-0.3, -0.25) is 4.90 Å². The summed E-state index contributed by atoms with van der Waals surface area (Å²) in [5.41, 5.74) is 0.531. The largest absolute Gasteiger partial charge is 0.311 e. The molecule has 2 heteroatoms. The van der Waals surface area contributed by atoms with E-state index in [2.05, 4.69) is 31.0 Å². The van der Waals surface area contributed by atoms with Crippen LogP contribution in [-0.2, 0) is 0 Å². The standard InChI is InChI=1S/C15H30N2/c1-4-9-17-11-14(10-13(2)3)16-12-15(17)7-5-6-8-15/h13-14,16H,4-12H2,1-3H3. The Morgan fingerprint density at radius 2 is 2.00 bits per heavy atom. The van der Waals surface area contributed by atoms with Gasteiger partial charge in [0, 0.05) is 24.7 Å². The lowest BCUT2D eigenvalue weighted by molar-refractivity contribution is 0.0387. The predicted molar refractivity (Wildman–Crippen MR) is 74.3 cm³/mol. The first-order valence-electron chi connectivity index (χ1n) is 7.65. The molecule has 0 aromatic heterocycles. The minimum absolute atomic E-state index is 0.531. The van der Waals surface area contributed by atoms with E-state index in [9.17, 15) is 0 Å². The van der Waals surface area contributed by atoms with E-state index in [1.54, 1.807) is 0 Å². The Morgan fingerprint density at radius 3 is 2.59 bits per heavy atom. The summed E-state index contributed by atoms with van der Waals surface area (Å²) in [6.45, 7) is 10.8. The van der Waals surface area contributed by atoms with Gasteiger partial charge in [-0.15, -0.1) is 0 Å². The zero-order chi connectivity index (χ0) is 12.3. The molecule has 100 valence electrons. The van der Waals surface area contributed by atoms with Gasteiger partial charge in [0.15, 0.2) is 0 Å². The molecule has 1 unspecified atom stereocenters. The lowest BCUT2D eigenvalue weighted by Gasteiger charge is -2.48. The van der Waals surface area contributed by atoms with Crippen molar-refractivity contribution in [3.63, 3.8) is 0 Å². The first-order chi connectivity index (χ1) is 8.16. The zero-order valence-electron chi connectivity index (χ0n) is 12.0. The molecule has 2 fully saturated rings. The Morgan fingerprint density at radius 1 is 1.29 bits per heavy atom. The topological polar surface area (TPSA) is 15.3 Å². The molecule has 0 amide bonds. The number of nitrogens with zero attached hydrogens (tertiary/aromatic N) is 1. The van der Waals surface area contributed by atoms with Gasteiger partial charge in [-0.25, -0.2) is 0 Å². The van der Waals surface area contributed by atoms with E-state index in [1.807, 2.05) is 0 Å². The highest BCUT2D eigenvalue weighted by atomic mass is 15.3. The Kier molecular flexibility index (Phi) is 4.48. The Balaban J connectivity index is 1.97. The molecule has 1 aliphatic carbocycles. The van der Waals surface area contributed by atoms with Crippen LogP contribution in [0.4, 0.5) is 0 Å². The van der Waals surface area contributed by atoms with Crippen LogP contribution in [0.5, 0.6) is 0 Å². The molecule has 0 aromatic rings. The highest BCUT2D eigenvalue weighted by molar-refractivity contribution is 5.01. The molecular weight excluding hydrogens is 208 g/mol. The van der Waals surface area contributed by atoms with Gasteiger partial charge >= 0.3 is 0 Å². The molecular formula is C15H30N2. The van der Waals surface area contributed by atoms with Crippen molar-refractivity contribution in [2.75, 3.05) is 19.6 Å². The maximum Gasteiger partial charge on any atom is 0.0334 e. The second kappa shape index (κ2) is 5.71. The van der Waals surface area contributed by atoms with Crippen LogP contribution < -0.4 is 5.32 Å². The molecule has 1 atom stereocenters. The molecule has 1 N–H and O–H groups in total. The van der Waals surface area contributed by atoms with Crippen LogP contribution in [0.1, 0.15) is 59.3 Å². The van der Waals surface area contributed by atoms with Crippen molar-refractivity contribution < 1.29 is 0 Å². The molecule has 1 aliphatic heterocycles. The molecule has 2 rings (SSSR count). The van der Waals surface area contributed by atoms with E-state index >= 15 is 0 Å². The smallest absolute Gasteiger partial charge is 0.0334 e. The van der Waals surface area contributed by atoms with Gasteiger partial charge in [-0.1, -0.05) is 33.6 Å². The average molecular weight is 238 g/mol. The summed E-state index contributed by atoms with van der Waals surface area (Å²) in [4.78, 5) is 2.82. The van der Waals surface area contributed by atoms with Crippen LogP contribution in [0.3, 0.4) is 0 Å². The first-order valence-corrected chi connectivity index (χ1v) is 7.65. The second-order valence-electron chi connectivity index (χ2n) is 6.58. The van der Waals surface area contributed by atoms with Gasteiger partial charge in [0.25, 0.3) is 0 Å². The summed E-state index contributed by atoms with van der Waals surface area (Å²) in [5.74, 6) is 0.814. The van der Waals surface area contributed by atoms with E-state index in [0.29, 0.717) is 5.54 Å². The quantitative estimate of drug-likeness (QED) is 0.810. The number of hydrogen-bond acceptors (Lipinski definition) is 2. The fourth-order valence-electron chi connectivity index (χ4n) is 3.82. The molecule has 0 radical (unpaired) electrons. The summed E-state index contributed by atoms with van der Waals surface area (Å²) in [5, 5.41) is 3.83. The van der Waals surface area contributed by atoms with E-state index < -0.39 is 0 Å². The zero-order valence-corrected chi connectivity index (χ0v) is 12.0. The van der Waals surface area contributed by atoms with Gasteiger partial charge in [-0.2, -0.15) is 0 Å². The lowest BCUT2D eigenvalue weighted by atomic mass is 9.89. The SMILES string of the molecule is CCCN1CC(CC(C)C)NCC12CCCC2. The average Bonchev–Trinajstić information content (AvgIpc) is 2.73. The van der Waals surface area contributed by atoms with Crippen molar-refractivity contribution in [1.29, 1.82) is 0 Å². The molecule has 1 saturated carbocycles. The highest BCUT2D eigenvalue weighted by Gasteiger charge is 2.42. The normalized spacial score (nSPS) is 29.3. The second-order valence-corrected chi connectivity index (χ2v) is 6.58. The van der Waals surface area contributed by atoms with Gasteiger partial charge in [-0.05, 0) is 38.1 Å². The molecule has 17 heavy (non-hydrogen) atoms. The molecule has 1 spiro atoms. The fraction of sp³-hybridized carbons (Fsp3) is 1.00. The summed E-state index contributed by atoms with van der Waals surface area (Å²) in [7, 11) is 0. The van der Waals surface area contributed by atoms with Crippen molar-refractivity contribution in [3.8, 4) is 0 Å². The van der Waals surface area contributed by atoms with Crippen LogP contribution in [0.25, 0.3) is 0 Å². The van der Waals surface area contributed by atoms with Gasteiger partial charge in [0.2, 0.25) is 0 Å². The van der Waals surface area contributed by atoms with Crippen molar-refractivity contribution in [2.45, 2.75) is 70.9 Å². The predicted octanol–water partition coefficient (Wildman–Crippen LogP) is 3.03. The Hall–Kier alpha value is -0.0800. The van der Waals surface area contributed by atoms with Gasteiger partial charge < -0.3 is 5.32 Å².